The predicted molar refractivity (Wildman–Crippen MR) is 54.2 cm³/mol. The maximum absolute atomic E-state index is 13.5. The van der Waals surface area contributed by atoms with Crippen molar-refractivity contribution in [3.63, 3.8) is 0 Å². The summed E-state index contributed by atoms with van der Waals surface area (Å²) in [5, 5.41) is 0. The van der Waals surface area contributed by atoms with Crippen molar-refractivity contribution in [1.29, 1.82) is 0 Å². The predicted octanol–water partition coefficient (Wildman–Crippen LogP) is 3.79. The van der Waals surface area contributed by atoms with E-state index in [2.05, 4.69) is 0 Å². The summed E-state index contributed by atoms with van der Waals surface area (Å²) in [6.07, 6.45) is -4.34. The average Bonchev–Trinajstić information content (AvgIpc) is 2.39. The van der Waals surface area contributed by atoms with Gasteiger partial charge in [0.05, 0.1) is 0 Å². The quantitative estimate of drug-likeness (QED) is 0.481. The van der Waals surface area contributed by atoms with Crippen LogP contribution in [0.1, 0.15) is 32.6 Å². The number of rotatable bonds is 1. The molecule has 7 unspecified atom stereocenters. The molecule has 2 aliphatic carbocycles. The third-order valence-electron chi connectivity index (χ3n) is 4.27. The van der Waals surface area contributed by atoms with Crippen molar-refractivity contribution in [1.82, 2.24) is 0 Å². The lowest BCUT2D eigenvalue weighted by molar-refractivity contribution is -0.0381. The Morgan fingerprint density at radius 2 is 1.44 bits per heavy atom. The maximum Gasteiger partial charge on any atom is 0.134 e. The monoisotopic (exact) mass is 238 g/mol. The molecule has 0 amide bonds. The van der Waals surface area contributed by atoms with Crippen LogP contribution in [0, 0.1) is 17.8 Å². The van der Waals surface area contributed by atoms with Gasteiger partial charge in [-0.3, -0.25) is 0 Å². The highest BCUT2D eigenvalue weighted by molar-refractivity contribution is 4.96. The van der Waals surface area contributed by atoms with E-state index < -0.39 is 24.7 Å². The standard InChI is InChI=1S/C12H18F4/c1-6-2-3-7(4-9(13)11(6)15)8-5-10(14)12(8)16/h6-12H,2-5H2,1H3. The van der Waals surface area contributed by atoms with Gasteiger partial charge in [-0.15, -0.1) is 0 Å². The molecule has 16 heavy (non-hydrogen) atoms. The molecular weight excluding hydrogens is 220 g/mol. The fraction of sp³-hybridized carbons (Fsp3) is 1.00. The van der Waals surface area contributed by atoms with E-state index in [1.807, 2.05) is 0 Å². The van der Waals surface area contributed by atoms with Gasteiger partial charge in [-0.2, -0.15) is 0 Å². The van der Waals surface area contributed by atoms with Gasteiger partial charge in [0.15, 0.2) is 0 Å². The van der Waals surface area contributed by atoms with E-state index >= 15 is 0 Å². The van der Waals surface area contributed by atoms with Crippen molar-refractivity contribution in [3.8, 4) is 0 Å². The summed E-state index contributed by atoms with van der Waals surface area (Å²) >= 11 is 0. The summed E-state index contributed by atoms with van der Waals surface area (Å²) in [4.78, 5) is 0. The van der Waals surface area contributed by atoms with Crippen LogP contribution in [-0.2, 0) is 0 Å². The molecular formula is C12H18F4. The normalized spacial score (nSPS) is 54.2. The summed E-state index contributed by atoms with van der Waals surface area (Å²) in [5.41, 5.74) is 0. The molecule has 2 saturated carbocycles. The highest BCUT2D eigenvalue weighted by atomic mass is 19.2. The number of halogens is 4. The second-order valence-electron chi connectivity index (χ2n) is 5.37. The lowest BCUT2D eigenvalue weighted by atomic mass is 9.70. The molecule has 2 aliphatic rings. The molecule has 0 aromatic carbocycles. The molecule has 0 aromatic heterocycles. The molecule has 7 atom stereocenters. The zero-order chi connectivity index (χ0) is 11.9. The molecule has 94 valence electrons. The molecule has 0 nitrogen and oxygen atoms in total. The third-order valence-corrected chi connectivity index (χ3v) is 4.27. The van der Waals surface area contributed by atoms with Gasteiger partial charge >= 0.3 is 0 Å². The van der Waals surface area contributed by atoms with Gasteiger partial charge in [0.2, 0.25) is 0 Å². The molecule has 0 heterocycles. The minimum atomic E-state index is -1.51. The van der Waals surface area contributed by atoms with Crippen LogP contribution in [0.25, 0.3) is 0 Å². The van der Waals surface area contributed by atoms with E-state index in [9.17, 15) is 17.6 Å². The zero-order valence-electron chi connectivity index (χ0n) is 9.38. The van der Waals surface area contributed by atoms with Crippen LogP contribution in [0.2, 0.25) is 0 Å². The zero-order valence-corrected chi connectivity index (χ0v) is 9.38. The molecule has 4 heteroatoms. The van der Waals surface area contributed by atoms with Crippen LogP contribution >= 0.6 is 0 Å². The number of hydrogen-bond acceptors (Lipinski definition) is 0. The number of alkyl halides is 4. The lowest BCUT2D eigenvalue weighted by Gasteiger charge is -2.40. The molecule has 0 radical (unpaired) electrons. The van der Waals surface area contributed by atoms with Gasteiger partial charge in [0.25, 0.3) is 0 Å². The molecule has 0 aromatic rings. The summed E-state index contributed by atoms with van der Waals surface area (Å²) in [7, 11) is 0. The van der Waals surface area contributed by atoms with E-state index in [1.165, 1.54) is 0 Å². The smallest absolute Gasteiger partial charge is 0.134 e. The maximum atomic E-state index is 13.5. The summed E-state index contributed by atoms with van der Waals surface area (Å²) in [6.45, 7) is 1.69. The Balaban J connectivity index is 1.97. The largest absolute Gasteiger partial charge is 0.244 e. The van der Waals surface area contributed by atoms with E-state index in [1.54, 1.807) is 6.92 Å². The van der Waals surface area contributed by atoms with Crippen LogP contribution in [-0.4, -0.2) is 24.7 Å². The van der Waals surface area contributed by atoms with Crippen LogP contribution in [0.15, 0.2) is 0 Å². The minimum absolute atomic E-state index is 0.0588. The van der Waals surface area contributed by atoms with Crippen molar-refractivity contribution < 1.29 is 17.6 Å². The fourth-order valence-corrected chi connectivity index (χ4v) is 2.96. The highest BCUT2D eigenvalue weighted by Crippen LogP contribution is 2.45. The fourth-order valence-electron chi connectivity index (χ4n) is 2.96. The first-order valence-corrected chi connectivity index (χ1v) is 6.07. The van der Waals surface area contributed by atoms with Crippen LogP contribution < -0.4 is 0 Å². The van der Waals surface area contributed by atoms with Gasteiger partial charge in [0.1, 0.15) is 24.7 Å². The SMILES string of the molecule is CC1CCC(C2CC(F)C2F)CC(F)C1F. The van der Waals surface area contributed by atoms with Gasteiger partial charge in [-0.05, 0) is 43.4 Å². The van der Waals surface area contributed by atoms with E-state index in [0.717, 1.165) is 0 Å². The van der Waals surface area contributed by atoms with Crippen molar-refractivity contribution >= 4 is 0 Å². The van der Waals surface area contributed by atoms with Gasteiger partial charge in [-0.1, -0.05) is 6.92 Å². The first-order valence-electron chi connectivity index (χ1n) is 6.07. The van der Waals surface area contributed by atoms with Crippen molar-refractivity contribution in [2.75, 3.05) is 0 Å². The summed E-state index contributed by atoms with van der Waals surface area (Å²) in [5.74, 6) is -0.870. The Bertz CT molecular complexity index is 245. The first kappa shape index (κ1) is 12.2. The molecule has 2 rings (SSSR count). The van der Waals surface area contributed by atoms with E-state index in [0.29, 0.717) is 12.8 Å². The van der Waals surface area contributed by atoms with Crippen molar-refractivity contribution in [3.05, 3.63) is 0 Å². The topological polar surface area (TPSA) is 0 Å². The Labute approximate surface area is 93.4 Å². The highest BCUT2D eigenvalue weighted by Gasteiger charge is 2.48. The van der Waals surface area contributed by atoms with E-state index in [-0.39, 0.29) is 30.6 Å². The van der Waals surface area contributed by atoms with Gasteiger partial charge in [0, 0.05) is 0 Å². The minimum Gasteiger partial charge on any atom is -0.244 e. The Morgan fingerprint density at radius 1 is 0.812 bits per heavy atom. The molecule has 0 spiro atoms. The van der Waals surface area contributed by atoms with Crippen LogP contribution in [0.3, 0.4) is 0 Å². The van der Waals surface area contributed by atoms with Gasteiger partial charge < -0.3 is 0 Å². The van der Waals surface area contributed by atoms with Crippen molar-refractivity contribution in [2.45, 2.75) is 57.3 Å². The lowest BCUT2D eigenvalue weighted by Crippen LogP contribution is -2.45. The Hall–Kier alpha value is -0.280. The first-order chi connectivity index (χ1) is 7.50. The summed E-state index contributed by atoms with van der Waals surface area (Å²) in [6, 6.07) is 0. The average molecular weight is 238 g/mol. The second kappa shape index (κ2) is 4.53. The van der Waals surface area contributed by atoms with E-state index in [4.69, 9.17) is 0 Å². The molecule has 0 N–H and O–H groups in total. The molecule has 0 bridgehead atoms. The van der Waals surface area contributed by atoms with Crippen LogP contribution in [0.5, 0.6) is 0 Å². The number of hydrogen-bond donors (Lipinski definition) is 0. The van der Waals surface area contributed by atoms with Gasteiger partial charge in [-0.25, -0.2) is 17.6 Å². The van der Waals surface area contributed by atoms with Crippen molar-refractivity contribution in [2.24, 2.45) is 17.8 Å². The summed E-state index contributed by atoms with van der Waals surface area (Å²) < 4.78 is 52.9. The molecule has 2 fully saturated rings. The second-order valence-corrected chi connectivity index (χ2v) is 5.37. The molecule has 0 aliphatic heterocycles. The Kier molecular flexibility index (Phi) is 3.45. The molecule has 0 saturated heterocycles. The third kappa shape index (κ3) is 2.07. The Morgan fingerprint density at radius 3 is 2.00 bits per heavy atom. The van der Waals surface area contributed by atoms with Crippen LogP contribution in [0.4, 0.5) is 17.6 Å².